The lowest BCUT2D eigenvalue weighted by atomic mass is 9.89. The fraction of sp³-hybridized carbons (Fsp3) is 0.333. The highest BCUT2D eigenvalue weighted by molar-refractivity contribution is 7.86. The normalized spacial score (nSPS) is 20.0. The van der Waals surface area contributed by atoms with E-state index in [0.29, 0.717) is 4.31 Å². The van der Waals surface area contributed by atoms with Crippen molar-refractivity contribution >= 4 is 10.2 Å². The van der Waals surface area contributed by atoms with Crippen molar-refractivity contribution in [2.24, 2.45) is 5.14 Å². The summed E-state index contributed by atoms with van der Waals surface area (Å²) < 4.78 is 63.0. The van der Waals surface area contributed by atoms with Crippen LogP contribution in [0.4, 0.5) is 13.2 Å². The van der Waals surface area contributed by atoms with Crippen LogP contribution in [0.15, 0.2) is 18.2 Å². The summed E-state index contributed by atoms with van der Waals surface area (Å²) in [5.74, 6) is -2.08. The van der Waals surface area contributed by atoms with Gasteiger partial charge in [-0.05, 0) is 12.1 Å². The predicted molar refractivity (Wildman–Crippen MR) is 53.8 cm³/mol. The molecule has 2 N–H and O–H groups in total. The Labute approximate surface area is 96.0 Å². The van der Waals surface area contributed by atoms with Crippen LogP contribution in [0.1, 0.15) is 5.56 Å². The van der Waals surface area contributed by atoms with Gasteiger partial charge in [-0.15, -0.1) is 0 Å². The first-order valence-electron chi connectivity index (χ1n) is 4.65. The smallest absolute Gasteiger partial charge is 0.235 e. The largest absolute Gasteiger partial charge is 0.277 e. The van der Waals surface area contributed by atoms with E-state index in [1.165, 1.54) is 0 Å². The van der Waals surface area contributed by atoms with Gasteiger partial charge in [0.1, 0.15) is 11.6 Å². The number of hydrogen-bond acceptors (Lipinski definition) is 2. The van der Waals surface area contributed by atoms with Gasteiger partial charge in [0.15, 0.2) is 5.67 Å². The molecule has 0 aliphatic carbocycles. The summed E-state index contributed by atoms with van der Waals surface area (Å²) in [6.45, 7) is -1.35. The highest BCUT2D eigenvalue weighted by atomic mass is 32.2. The van der Waals surface area contributed by atoms with Crippen LogP contribution in [-0.4, -0.2) is 25.8 Å². The van der Waals surface area contributed by atoms with Crippen molar-refractivity contribution in [1.29, 1.82) is 0 Å². The summed E-state index contributed by atoms with van der Waals surface area (Å²) in [5.41, 5.74) is -3.11. The highest BCUT2D eigenvalue weighted by Gasteiger charge is 2.51. The molecule has 1 aliphatic rings. The highest BCUT2D eigenvalue weighted by Crippen LogP contribution is 2.39. The second-order valence-corrected chi connectivity index (χ2v) is 5.42. The molecule has 0 atom stereocenters. The van der Waals surface area contributed by atoms with E-state index in [4.69, 9.17) is 5.14 Å². The van der Waals surface area contributed by atoms with E-state index in [2.05, 4.69) is 0 Å². The minimum absolute atomic E-state index is 0.610. The first-order valence-corrected chi connectivity index (χ1v) is 6.16. The van der Waals surface area contributed by atoms with Crippen molar-refractivity contribution in [1.82, 2.24) is 4.31 Å². The van der Waals surface area contributed by atoms with Crippen molar-refractivity contribution in [3.63, 3.8) is 0 Å². The quantitative estimate of drug-likeness (QED) is 0.854. The lowest BCUT2D eigenvalue weighted by Crippen LogP contribution is -2.60. The van der Waals surface area contributed by atoms with Crippen LogP contribution in [0.25, 0.3) is 0 Å². The molecule has 0 spiro atoms. The van der Waals surface area contributed by atoms with Crippen LogP contribution in [0.2, 0.25) is 0 Å². The van der Waals surface area contributed by atoms with Gasteiger partial charge < -0.3 is 0 Å². The second-order valence-electron chi connectivity index (χ2n) is 3.87. The molecule has 94 valence electrons. The first-order chi connectivity index (χ1) is 7.74. The van der Waals surface area contributed by atoms with E-state index in [1.807, 2.05) is 0 Å². The van der Waals surface area contributed by atoms with E-state index < -0.39 is 46.2 Å². The molecule has 0 radical (unpaired) electrons. The number of hydrogen-bond donors (Lipinski definition) is 1. The van der Waals surface area contributed by atoms with Crippen molar-refractivity contribution in [3.05, 3.63) is 35.4 Å². The monoisotopic (exact) mass is 266 g/mol. The lowest BCUT2D eigenvalue weighted by molar-refractivity contribution is 0.0114. The number of rotatable bonds is 2. The van der Waals surface area contributed by atoms with Gasteiger partial charge in [0.25, 0.3) is 10.2 Å². The molecular weight excluding hydrogens is 257 g/mol. The third kappa shape index (κ3) is 2.03. The maximum absolute atomic E-state index is 14.1. The Morgan fingerprint density at radius 1 is 1.24 bits per heavy atom. The van der Waals surface area contributed by atoms with E-state index >= 15 is 0 Å². The van der Waals surface area contributed by atoms with Gasteiger partial charge in [-0.3, -0.25) is 0 Å². The van der Waals surface area contributed by atoms with Gasteiger partial charge in [-0.1, -0.05) is 6.07 Å². The molecule has 1 saturated heterocycles. The zero-order valence-corrected chi connectivity index (χ0v) is 9.35. The van der Waals surface area contributed by atoms with E-state index in [1.54, 1.807) is 0 Å². The first kappa shape index (κ1) is 12.3. The molecule has 1 heterocycles. The second kappa shape index (κ2) is 3.69. The fourth-order valence-corrected chi connectivity index (χ4v) is 2.55. The number of nitrogens with two attached hydrogens (primary N) is 1. The lowest BCUT2D eigenvalue weighted by Gasteiger charge is -2.42. The van der Waals surface area contributed by atoms with Gasteiger partial charge in [-0.2, -0.15) is 12.7 Å². The summed E-state index contributed by atoms with van der Waals surface area (Å²) in [6.07, 6.45) is 0. The topological polar surface area (TPSA) is 63.4 Å². The van der Waals surface area contributed by atoms with Gasteiger partial charge >= 0.3 is 0 Å². The number of alkyl halides is 1. The Balaban J connectivity index is 2.32. The summed E-state index contributed by atoms with van der Waals surface area (Å²) >= 11 is 0. The SMILES string of the molecule is NS(=O)(=O)N1CC(F)(c2c(F)cccc2F)C1. The average molecular weight is 266 g/mol. The molecule has 1 fully saturated rings. The molecule has 1 aromatic rings. The summed E-state index contributed by atoms with van der Waals surface area (Å²) in [6, 6.07) is 2.94. The predicted octanol–water partition coefficient (Wildman–Crippen LogP) is 0.649. The molecule has 1 aliphatic heterocycles. The molecule has 8 heteroatoms. The van der Waals surface area contributed by atoms with E-state index in [-0.39, 0.29) is 0 Å². The van der Waals surface area contributed by atoms with E-state index in [9.17, 15) is 21.6 Å². The molecule has 0 unspecified atom stereocenters. The van der Waals surface area contributed by atoms with Crippen molar-refractivity contribution in [2.75, 3.05) is 13.1 Å². The molecule has 0 saturated carbocycles. The third-order valence-corrected chi connectivity index (χ3v) is 3.60. The van der Waals surface area contributed by atoms with Gasteiger partial charge in [0.05, 0.1) is 18.7 Å². The zero-order chi connectivity index (χ0) is 12.8. The van der Waals surface area contributed by atoms with Gasteiger partial charge in [0, 0.05) is 0 Å². The molecule has 4 nitrogen and oxygen atoms in total. The standard InChI is InChI=1S/C9H9F3N2O2S/c10-6-2-1-3-7(11)8(6)9(12)4-14(5-9)17(13,15)16/h1-3H,4-5H2,(H2,13,15,16). The Hall–Kier alpha value is -1.12. The molecule has 17 heavy (non-hydrogen) atoms. The number of benzene rings is 1. The van der Waals surface area contributed by atoms with Crippen molar-refractivity contribution in [2.45, 2.75) is 5.67 Å². The molecule has 2 rings (SSSR count). The minimum Gasteiger partial charge on any atom is -0.235 e. The van der Waals surface area contributed by atoms with Crippen LogP contribution >= 0.6 is 0 Å². The Kier molecular flexibility index (Phi) is 2.68. The third-order valence-electron chi connectivity index (χ3n) is 2.62. The Morgan fingerprint density at radius 3 is 2.12 bits per heavy atom. The number of halogens is 3. The summed E-state index contributed by atoms with van der Waals surface area (Å²) in [7, 11) is -4.02. The number of nitrogens with zero attached hydrogens (tertiary/aromatic N) is 1. The van der Waals surface area contributed by atoms with Crippen molar-refractivity contribution < 1.29 is 21.6 Å². The summed E-state index contributed by atoms with van der Waals surface area (Å²) in [4.78, 5) is 0. The van der Waals surface area contributed by atoms with Gasteiger partial charge in [-0.25, -0.2) is 18.3 Å². The molecule has 0 aromatic heterocycles. The molecule has 0 bridgehead atoms. The van der Waals surface area contributed by atoms with E-state index in [0.717, 1.165) is 18.2 Å². The van der Waals surface area contributed by atoms with Crippen molar-refractivity contribution in [3.8, 4) is 0 Å². The maximum Gasteiger partial charge on any atom is 0.277 e. The van der Waals surface area contributed by atoms with Crippen LogP contribution in [-0.2, 0) is 15.9 Å². The maximum atomic E-state index is 14.1. The zero-order valence-electron chi connectivity index (χ0n) is 8.53. The fourth-order valence-electron chi connectivity index (χ4n) is 1.78. The van der Waals surface area contributed by atoms with Crippen LogP contribution < -0.4 is 5.14 Å². The summed E-state index contributed by atoms with van der Waals surface area (Å²) in [5, 5.41) is 4.76. The Bertz CT molecular complexity index is 535. The van der Waals surface area contributed by atoms with Gasteiger partial charge in [0.2, 0.25) is 0 Å². The minimum atomic E-state index is -4.02. The van der Waals surface area contributed by atoms with Crippen LogP contribution in [0.3, 0.4) is 0 Å². The Morgan fingerprint density at radius 2 is 1.71 bits per heavy atom. The molecule has 0 amide bonds. The molecular formula is C9H9F3N2O2S. The van der Waals surface area contributed by atoms with Crippen LogP contribution in [0.5, 0.6) is 0 Å². The molecule has 1 aromatic carbocycles. The average Bonchev–Trinajstić information content (AvgIpc) is 2.11. The van der Waals surface area contributed by atoms with Crippen LogP contribution in [0, 0.1) is 11.6 Å².